The van der Waals surface area contributed by atoms with E-state index in [0.717, 1.165) is 5.56 Å². The molecule has 2 aromatic heterocycles. The number of ether oxygens (including phenoxy) is 1. The number of amides is 2. The fraction of sp³-hybridized carbons (Fsp3) is 0.412. The van der Waals surface area contributed by atoms with Crippen LogP contribution in [0.25, 0.3) is 6.08 Å². The first-order valence-electron chi connectivity index (χ1n) is 8.49. The van der Waals surface area contributed by atoms with Crippen molar-refractivity contribution in [2.75, 3.05) is 31.6 Å². The molecule has 0 aromatic carbocycles. The Labute approximate surface area is 151 Å². The van der Waals surface area contributed by atoms with Gasteiger partial charge in [-0.15, -0.1) is 0 Å². The second-order valence-corrected chi connectivity index (χ2v) is 5.90. The van der Waals surface area contributed by atoms with Crippen LogP contribution in [-0.4, -0.2) is 62.6 Å². The Morgan fingerprint density at radius 2 is 2.04 bits per heavy atom. The van der Waals surface area contributed by atoms with E-state index in [0.29, 0.717) is 44.2 Å². The standard InChI is InChI=1S/C17H22N6O3/c1-3-23-16(17(25)22-6-8-26-9-7-22)14(11-19-23)20-15(24)5-4-13-10-18-21(2)12-13/h4-5,10-12H,3,6-9H2,1-2H3,(H,20,24)/b5-4+. The molecule has 3 heterocycles. The van der Waals surface area contributed by atoms with Crippen molar-refractivity contribution in [1.29, 1.82) is 0 Å². The van der Waals surface area contributed by atoms with E-state index in [4.69, 9.17) is 4.74 Å². The number of morpholine rings is 1. The number of hydrogen-bond acceptors (Lipinski definition) is 5. The number of aromatic nitrogens is 4. The van der Waals surface area contributed by atoms with Crippen molar-refractivity contribution in [3.05, 3.63) is 35.9 Å². The van der Waals surface area contributed by atoms with Gasteiger partial charge in [0.1, 0.15) is 5.69 Å². The summed E-state index contributed by atoms with van der Waals surface area (Å²) in [6, 6.07) is 0. The van der Waals surface area contributed by atoms with Crippen LogP contribution in [0.5, 0.6) is 0 Å². The average molecular weight is 358 g/mol. The molecule has 9 heteroatoms. The maximum Gasteiger partial charge on any atom is 0.274 e. The Morgan fingerprint density at radius 1 is 1.27 bits per heavy atom. The molecule has 0 spiro atoms. The van der Waals surface area contributed by atoms with Gasteiger partial charge < -0.3 is 15.0 Å². The number of carbonyl (C=O) groups is 2. The lowest BCUT2D eigenvalue weighted by molar-refractivity contribution is -0.111. The van der Waals surface area contributed by atoms with Crippen LogP contribution < -0.4 is 5.32 Å². The smallest absolute Gasteiger partial charge is 0.274 e. The molecule has 0 unspecified atom stereocenters. The summed E-state index contributed by atoms with van der Waals surface area (Å²) in [5.74, 6) is -0.486. The number of carbonyl (C=O) groups excluding carboxylic acids is 2. The first kappa shape index (κ1) is 17.9. The largest absolute Gasteiger partial charge is 0.378 e. The van der Waals surface area contributed by atoms with Gasteiger partial charge in [-0.05, 0) is 13.0 Å². The molecule has 1 N–H and O–H groups in total. The van der Waals surface area contributed by atoms with Gasteiger partial charge in [0.05, 0.1) is 31.3 Å². The number of nitrogens with one attached hydrogen (secondary N) is 1. The first-order chi connectivity index (χ1) is 12.6. The molecule has 9 nitrogen and oxygen atoms in total. The van der Waals surface area contributed by atoms with Gasteiger partial charge in [-0.3, -0.25) is 19.0 Å². The minimum Gasteiger partial charge on any atom is -0.378 e. The number of nitrogens with zero attached hydrogens (tertiary/aromatic N) is 5. The second-order valence-electron chi connectivity index (χ2n) is 5.90. The highest BCUT2D eigenvalue weighted by atomic mass is 16.5. The van der Waals surface area contributed by atoms with E-state index in [2.05, 4.69) is 15.5 Å². The summed E-state index contributed by atoms with van der Waals surface area (Å²) in [7, 11) is 1.81. The molecule has 0 atom stereocenters. The molecule has 2 aromatic rings. The topological polar surface area (TPSA) is 94.3 Å². The predicted octanol–water partition coefficient (Wildman–Crippen LogP) is 0.761. The van der Waals surface area contributed by atoms with Gasteiger partial charge in [0.15, 0.2) is 0 Å². The Bertz CT molecular complexity index is 816. The van der Waals surface area contributed by atoms with Crippen molar-refractivity contribution in [2.45, 2.75) is 13.5 Å². The highest BCUT2D eigenvalue weighted by Crippen LogP contribution is 2.18. The highest BCUT2D eigenvalue weighted by Gasteiger charge is 2.25. The average Bonchev–Trinajstić information content (AvgIpc) is 3.26. The van der Waals surface area contributed by atoms with Crippen LogP contribution in [0.4, 0.5) is 5.69 Å². The Hall–Kier alpha value is -2.94. The van der Waals surface area contributed by atoms with E-state index in [-0.39, 0.29) is 11.8 Å². The summed E-state index contributed by atoms with van der Waals surface area (Å²) >= 11 is 0. The van der Waals surface area contributed by atoms with Crippen LogP contribution in [0.15, 0.2) is 24.7 Å². The summed E-state index contributed by atoms with van der Waals surface area (Å²) in [5.41, 5.74) is 1.61. The number of anilines is 1. The van der Waals surface area contributed by atoms with Gasteiger partial charge in [0.25, 0.3) is 5.91 Å². The minimum absolute atomic E-state index is 0.154. The second kappa shape index (κ2) is 7.96. The summed E-state index contributed by atoms with van der Waals surface area (Å²) in [4.78, 5) is 26.8. The lowest BCUT2D eigenvalue weighted by atomic mass is 10.2. The van der Waals surface area contributed by atoms with Crippen molar-refractivity contribution in [1.82, 2.24) is 24.5 Å². The van der Waals surface area contributed by atoms with E-state index < -0.39 is 0 Å². The van der Waals surface area contributed by atoms with E-state index in [9.17, 15) is 9.59 Å². The molecule has 0 aliphatic carbocycles. The molecule has 1 aliphatic rings. The third-order valence-electron chi connectivity index (χ3n) is 4.05. The zero-order valence-corrected chi connectivity index (χ0v) is 14.9. The number of rotatable bonds is 5. The molecule has 1 saturated heterocycles. The van der Waals surface area contributed by atoms with Crippen LogP contribution in [0.3, 0.4) is 0 Å². The summed E-state index contributed by atoms with van der Waals surface area (Å²) < 4.78 is 8.54. The lowest BCUT2D eigenvalue weighted by Crippen LogP contribution is -2.41. The van der Waals surface area contributed by atoms with Crippen molar-refractivity contribution >= 4 is 23.6 Å². The van der Waals surface area contributed by atoms with Gasteiger partial charge in [0.2, 0.25) is 5.91 Å². The monoisotopic (exact) mass is 358 g/mol. The van der Waals surface area contributed by atoms with Crippen LogP contribution in [0, 0.1) is 0 Å². The van der Waals surface area contributed by atoms with Gasteiger partial charge in [-0.1, -0.05) is 0 Å². The van der Waals surface area contributed by atoms with Gasteiger partial charge in [-0.2, -0.15) is 10.2 Å². The van der Waals surface area contributed by atoms with Gasteiger partial charge in [-0.25, -0.2) is 0 Å². The molecule has 0 bridgehead atoms. The molecule has 0 radical (unpaired) electrons. The Kier molecular flexibility index (Phi) is 5.47. The van der Waals surface area contributed by atoms with Gasteiger partial charge >= 0.3 is 0 Å². The van der Waals surface area contributed by atoms with Crippen molar-refractivity contribution in [3.63, 3.8) is 0 Å². The third kappa shape index (κ3) is 3.99. The van der Waals surface area contributed by atoms with Crippen LogP contribution in [0.2, 0.25) is 0 Å². The summed E-state index contributed by atoms with van der Waals surface area (Å²) in [6.45, 7) is 4.52. The number of hydrogen-bond donors (Lipinski definition) is 1. The zero-order valence-electron chi connectivity index (χ0n) is 14.9. The maximum atomic E-state index is 12.9. The van der Waals surface area contributed by atoms with Crippen molar-refractivity contribution in [3.8, 4) is 0 Å². The van der Waals surface area contributed by atoms with E-state index in [1.54, 1.807) is 39.8 Å². The highest BCUT2D eigenvalue weighted by molar-refractivity contribution is 6.06. The maximum absolute atomic E-state index is 12.9. The van der Waals surface area contributed by atoms with Crippen molar-refractivity contribution in [2.24, 2.45) is 7.05 Å². The lowest BCUT2D eigenvalue weighted by Gasteiger charge is -2.27. The fourth-order valence-electron chi connectivity index (χ4n) is 2.73. The normalized spacial score (nSPS) is 14.8. The number of aryl methyl sites for hydroxylation is 2. The Morgan fingerprint density at radius 3 is 2.69 bits per heavy atom. The van der Waals surface area contributed by atoms with Crippen LogP contribution >= 0.6 is 0 Å². The third-order valence-corrected chi connectivity index (χ3v) is 4.05. The molecule has 3 rings (SSSR count). The molecular weight excluding hydrogens is 336 g/mol. The SMILES string of the molecule is CCn1ncc(NC(=O)/C=C/c2cnn(C)c2)c1C(=O)N1CCOCC1. The van der Waals surface area contributed by atoms with Crippen LogP contribution in [-0.2, 0) is 23.1 Å². The summed E-state index contributed by atoms with van der Waals surface area (Å²) in [6.07, 6.45) is 8.03. The minimum atomic E-state index is -0.333. The fourth-order valence-corrected chi connectivity index (χ4v) is 2.73. The predicted molar refractivity (Wildman–Crippen MR) is 95.5 cm³/mol. The molecule has 26 heavy (non-hydrogen) atoms. The quantitative estimate of drug-likeness (QED) is 0.797. The first-order valence-corrected chi connectivity index (χ1v) is 8.49. The zero-order chi connectivity index (χ0) is 18.5. The molecule has 1 aliphatic heterocycles. The van der Waals surface area contributed by atoms with E-state index in [1.807, 2.05) is 6.92 Å². The summed E-state index contributed by atoms with van der Waals surface area (Å²) in [5, 5.41) is 11.0. The molecule has 0 saturated carbocycles. The molecule has 1 fully saturated rings. The van der Waals surface area contributed by atoms with Crippen LogP contribution in [0.1, 0.15) is 23.0 Å². The molecule has 2 amide bonds. The molecular formula is C17H22N6O3. The van der Waals surface area contributed by atoms with Crippen molar-refractivity contribution < 1.29 is 14.3 Å². The van der Waals surface area contributed by atoms with E-state index in [1.165, 1.54) is 12.3 Å². The Balaban J connectivity index is 1.75. The van der Waals surface area contributed by atoms with Gasteiger partial charge in [0, 0.05) is 44.5 Å². The van der Waals surface area contributed by atoms with E-state index >= 15 is 0 Å². The molecule has 138 valence electrons.